The van der Waals surface area contributed by atoms with Gasteiger partial charge in [0.05, 0.1) is 10.6 Å². The Morgan fingerprint density at radius 2 is 1.56 bits per heavy atom. The first-order chi connectivity index (χ1) is 16.4. The zero-order valence-electron chi connectivity index (χ0n) is 18.6. The van der Waals surface area contributed by atoms with Crippen molar-refractivity contribution in [2.75, 3.05) is 31.1 Å². The van der Waals surface area contributed by atoms with Crippen molar-refractivity contribution < 1.29 is 12.8 Å². The van der Waals surface area contributed by atoms with Crippen LogP contribution in [0.3, 0.4) is 0 Å². The zero-order chi connectivity index (χ0) is 23.7. The second-order valence-corrected chi connectivity index (χ2v) is 10.2. The fraction of sp³-hybridized carbons (Fsp3) is 0.200. The average Bonchev–Trinajstić information content (AvgIpc) is 3.35. The molecule has 0 atom stereocenters. The molecule has 0 spiro atoms. The highest BCUT2D eigenvalue weighted by Crippen LogP contribution is 2.25. The number of nitrogens with one attached hydrogen (secondary N) is 1. The lowest BCUT2D eigenvalue weighted by Crippen LogP contribution is -2.48. The maximum Gasteiger partial charge on any atom is 0.243 e. The molecular formula is C25H24FN5O2S. The van der Waals surface area contributed by atoms with E-state index in [0.717, 1.165) is 28.2 Å². The molecule has 0 saturated carbocycles. The third-order valence-electron chi connectivity index (χ3n) is 5.96. The predicted molar refractivity (Wildman–Crippen MR) is 129 cm³/mol. The summed E-state index contributed by atoms with van der Waals surface area (Å²) in [6.45, 7) is 3.86. The summed E-state index contributed by atoms with van der Waals surface area (Å²) in [5.41, 5.74) is 3.41. The number of benzene rings is 2. The topological polar surface area (TPSA) is 82.2 Å². The smallest absolute Gasteiger partial charge is 0.243 e. The van der Waals surface area contributed by atoms with Gasteiger partial charge in [0.25, 0.3) is 0 Å². The Morgan fingerprint density at radius 3 is 2.21 bits per heavy atom. The Kier molecular flexibility index (Phi) is 5.89. The number of hydrogen-bond acceptors (Lipinski definition) is 5. The van der Waals surface area contributed by atoms with Gasteiger partial charge in [-0.05, 0) is 55.5 Å². The van der Waals surface area contributed by atoms with Gasteiger partial charge in [-0.15, -0.1) is 0 Å². The Bertz CT molecular complexity index is 1380. The van der Waals surface area contributed by atoms with E-state index >= 15 is 0 Å². The lowest BCUT2D eigenvalue weighted by molar-refractivity contribution is 0.384. The molecule has 9 heteroatoms. The number of H-pyrrole nitrogens is 1. The Balaban J connectivity index is 1.24. The number of pyridine rings is 1. The number of hydrogen-bond donors (Lipinski definition) is 1. The SMILES string of the molecule is Cc1ccc(S(=O)(=O)N2CCN(c3ccc(-c4nc(-c5ccc(F)cc5)c[nH]4)cn3)CC2)cc1. The number of sulfonamides is 1. The second-order valence-electron chi connectivity index (χ2n) is 8.25. The summed E-state index contributed by atoms with van der Waals surface area (Å²) in [6, 6.07) is 17.0. The van der Waals surface area contributed by atoms with Crippen LogP contribution in [0.5, 0.6) is 0 Å². The molecule has 2 aromatic carbocycles. The highest BCUT2D eigenvalue weighted by molar-refractivity contribution is 7.89. The molecule has 1 aliphatic heterocycles. The molecule has 5 rings (SSSR count). The predicted octanol–water partition coefficient (Wildman–Crippen LogP) is 4.10. The number of halogens is 1. The van der Waals surface area contributed by atoms with Crippen LogP contribution in [0.15, 0.2) is 78.0 Å². The van der Waals surface area contributed by atoms with E-state index in [4.69, 9.17) is 0 Å². The van der Waals surface area contributed by atoms with Crippen molar-refractivity contribution in [2.24, 2.45) is 0 Å². The normalized spacial score (nSPS) is 14.9. The summed E-state index contributed by atoms with van der Waals surface area (Å²) in [7, 11) is -3.50. The first kappa shape index (κ1) is 22.2. The number of anilines is 1. The Labute approximate surface area is 198 Å². The Hall–Kier alpha value is -3.56. The lowest BCUT2D eigenvalue weighted by Gasteiger charge is -2.34. The van der Waals surface area contributed by atoms with Gasteiger partial charge >= 0.3 is 0 Å². The van der Waals surface area contributed by atoms with E-state index in [1.807, 2.05) is 31.2 Å². The molecule has 4 aromatic rings. The van der Waals surface area contributed by atoms with E-state index in [1.165, 1.54) is 16.4 Å². The summed E-state index contributed by atoms with van der Waals surface area (Å²) in [5, 5.41) is 0. The number of aromatic nitrogens is 3. The van der Waals surface area contributed by atoms with E-state index in [0.29, 0.717) is 36.9 Å². The molecule has 0 aliphatic carbocycles. The first-order valence-electron chi connectivity index (χ1n) is 11.0. The fourth-order valence-corrected chi connectivity index (χ4v) is 5.39. The number of rotatable bonds is 5. The van der Waals surface area contributed by atoms with Gasteiger partial charge in [0.15, 0.2) is 0 Å². The van der Waals surface area contributed by atoms with Crippen molar-refractivity contribution in [3.8, 4) is 22.6 Å². The van der Waals surface area contributed by atoms with Crippen molar-refractivity contribution in [1.29, 1.82) is 0 Å². The number of aryl methyl sites for hydroxylation is 1. The zero-order valence-corrected chi connectivity index (χ0v) is 19.5. The minimum absolute atomic E-state index is 0.284. The molecule has 3 heterocycles. The van der Waals surface area contributed by atoms with Crippen LogP contribution in [0.2, 0.25) is 0 Å². The van der Waals surface area contributed by atoms with Crippen LogP contribution in [0.1, 0.15) is 5.56 Å². The third kappa shape index (κ3) is 4.44. The molecule has 0 radical (unpaired) electrons. The van der Waals surface area contributed by atoms with E-state index in [2.05, 4.69) is 19.9 Å². The van der Waals surface area contributed by atoms with Crippen LogP contribution >= 0.6 is 0 Å². The molecule has 0 bridgehead atoms. The Morgan fingerprint density at radius 1 is 0.882 bits per heavy atom. The summed E-state index contributed by atoms with van der Waals surface area (Å²) in [4.78, 5) is 14.7. The number of nitrogens with zero attached hydrogens (tertiary/aromatic N) is 4. The lowest BCUT2D eigenvalue weighted by atomic mass is 10.2. The standard InChI is InChI=1S/C25H24FN5O2S/c1-18-2-9-22(10-3-18)34(32,33)31-14-12-30(13-15-31)24-11-6-20(16-27-24)25-28-17-23(29-25)19-4-7-21(26)8-5-19/h2-11,16-17H,12-15H2,1H3,(H,28,29). The van der Waals surface area contributed by atoms with Crippen molar-refractivity contribution in [2.45, 2.75) is 11.8 Å². The van der Waals surface area contributed by atoms with Crippen LogP contribution in [0.25, 0.3) is 22.6 Å². The fourth-order valence-electron chi connectivity index (χ4n) is 3.97. The van der Waals surface area contributed by atoms with Gasteiger partial charge in [-0.3, -0.25) is 0 Å². The van der Waals surface area contributed by atoms with Gasteiger partial charge in [0.1, 0.15) is 17.5 Å². The molecule has 1 N–H and O–H groups in total. The second kappa shape index (κ2) is 9.00. The first-order valence-corrected chi connectivity index (χ1v) is 12.4. The van der Waals surface area contributed by atoms with Gasteiger partial charge in [0, 0.05) is 49.7 Å². The summed E-state index contributed by atoms with van der Waals surface area (Å²) < 4.78 is 40.5. The summed E-state index contributed by atoms with van der Waals surface area (Å²) in [6.07, 6.45) is 3.53. The third-order valence-corrected chi connectivity index (χ3v) is 7.87. The quantitative estimate of drug-likeness (QED) is 0.468. The minimum atomic E-state index is -3.50. The molecule has 1 aliphatic rings. The van der Waals surface area contributed by atoms with Crippen molar-refractivity contribution in [3.05, 3.63) is 84.4 Å². The number of aromatic amines is 1. The van der Waals surface area contributed by atoms with Gasteiger partial charge < -0.3 is 9.88 Å². The molecular weight excluding hydrogens is 453 g/mol. The van der Waals surface area contributed by atoms with Gasteiger partial charge in [0.2, 0.25) is 10.0 Å². The molecule has 7 nitrogen and oxygen atoms in total. The van der Waals surface area contributed by atoms with E-state index in [-0.39, 0.29) is 5.82 Å². The van der Waals surface area contributed by atoms with E-state index in [9.17, 15) is 12.8 Å². The van der Waals surface area contributed by atoms with Crippen LogP contribution in [-0.4, -0.2) is 53.9 Å². The van der Waals surface area contributed by atoms with E-state index < -0.39 is 10.0 Å². The highest BCUT2D eigenvalue weighted by atomic mass is 32.2. The summed E-state index contributed by atoms with van der Waals surface area (Å²) in [5.74, 6) is 1.18. The van der Waals surface area contributed by atoms with Crippen LogP contribution in [-0.2, 0) is 10.0 Å². The highest BCUT2D eigenvalue weighted by Gasteiger charge is 2.28. The van der Waals surface area contributed by atoms with Crippen molar-refractivity contribution in [3.63, 3.8) is 0 Å². The average molecular weight is 478 g/mol. The molecule has 0 amide bonds. The van der Waals surface area contributed by atoms with E-state index in [1.54, 1.807) is 36.7 Å². The van der Waals surface area contributed by atoms with Crippen LogP contribution < -0.4 is 4.90 Å². The van der Waals surface area contributed by atoms with Gasteiger partial charge in [-0.1, -0.05) is 17.7 Å². The monoisotopic (exact) mass is 477 g/mol. The molecule has 34 heavy (non-hydrogen) atoms. The van der Waals surface area contributed by atoms with Crippen LogP contribution in [0.4, 0.5) is 10.2 Å². The minimum Gasteiger partial charge on any atom is -0.354 e. The molecule has 0 unspecified atom stereocenters. The molecule has 2 aromatic heterocycles. The molecule has 174 valence electrons. The van der Waals surface area contributed by atoms with Gasteiger partial charge in [-0.2, -0.15) is 4.31 Å². The summed E-state index contributed by atoms with van der Waals surface area (Å²) >= 11 is 0. The van der Waals surface area contributed by atoms with Gasteiger partial charge in [-0.25, -0.2) is 22.8 Å². The number of imidazole rings is 1. The molecule has 1 fully saturated rings. The largest absolute Gasteiger partial charge is 0.354 e. The molecule has 1 saturated heterocycles. The maximum atomic E-state index is 13.2. The van der Waals surface area contributed by atoms with Crippen molar-refractivity contribution in [1.82, 2.24) is 19.3 Å². The maximum absolute atomic E-state index is 13.2. The number of piperazine rings is 1. The van der Waals surface area contributed by atoms with Crippen LogP contribution in [0, 0.1) is 12.7 Å². The van der Waals surface area contributed by atoms with Crippen molar-refractivity contribution >= 4 is 15.8 Å².